The Morgan fingerprint density at radius 2 is 1.89 bits per heavy atom. The predicted octanol–water partition coefficient (Wildman–Crippen LogP) is 1.76. The highest BCUT2D eigenvalue weighted by molar-refractivity contribution is 7.18. The summed E-state index contributed by atoms with van der Waals surface area (Å²) >= 11 is 1.60. The Hall–Kier alpha value is -2.22. The molecule has 0 saturated carbocycles. The van der Waals surface area contributed by atoms with Gasteiger partial charge in [-0.25, -0.2) is 9.36 Å². The van der Waals surface area contributed by atoms with Crippen molar-refractivity contribution in [2.24, 2.45) is 0 Å². The zero-order valence-electron chi connectivity index (χ0n) is 15.9. The molecule has 1 aliphatic rings. The Kier molecular flexibility index (Phi) is 4.75. The normalized spacial score (nSPS) is 14.8. The van der Waals surface area contributed by atoms with Gasteiger partial charge in [0.1, 0.15) is 4.83 Å². The summed E-state index contributed by atoms with van der Waals surface area (Å²) in [6.45, 7) is 3.07. The van der Waals surface area contributed by atoms with E-state index >= 15 is 0 Å². The molecular formula is C20H24N4O2S. The van der Waals surface area contributed by atoms with Gasteiger partial charge < -0.3 is 9.80 Å². The zero-order chi connectivity index (χ0) is 19.1. The van der Waals surface area contributed by atoms with Crippen LogP contribution < -0.4 is 11.2 Å². The van der Waals surface area contributed by atoms with Crippen LogP contribution >= 0.6 is 11.3 Å². The number of thiophene rings is 1. The van der Waals surface area contributed by atoms with Crippen LogP contribution in [-0.2, 0) is 19.5 Å². The van der Waals surface area contributed by atoms with Gasteiger partial charge in [0.2, 0.25) is 0 Å². The number of rotatable bonds is 4. The Labute approximate surface area is 161 Å². The van der Waals surface area contributed by atoms with Gasteiger partial charge in [-0.05, 0) is 45.3 Å². The maximum Gasteiger partial charge on any atom is 0.336 e. The summed E-state index contributed by atoms with van der Waals surface area (Å²) in [5, 5.41) is 0.727. The fraction of sp³-hybridized carbons (Fsp3) is 0.400. The lowest BCUT2D eigenvalue weighted by Gasteiger charge is -2.21. The molecule has 0 aliphatic carbocycles. The van der Waals surface area contributed by atoms with Crippen molar-refractivity contribution in [1.29, 1.82) is 0 Å². The molecule has 1 aliphatic heterocycles. The molecule has 0 bridgehead atoms. The van der Waals surface area contributed by atoms with Crippen molar-refractivity contribution < 1.29 is 0 Å². The van der Waals surface area contributed by atoms with Crippen LogP contribution in [-0.4, -0.2) is 53.2 Å². The van der Waals surface area contributed by atoms with Crippen LogP contribution in [0.2, 0.25) is 0 Å². The number of hydrogen-bond acceptors (Lipinski definition) is 5. The van der Waals surface area contributed by atoms with E-state index in [1.165, 1.54) is 9.44 Å². The summed E-state index contributed by atoms with van der Waals surface area (Å²) in [6.07, 6.45) is 0.849. The summed E-state index contributed by atoms with van der Waals surface area (Å²) in [7, 11) is 6.07. The van der Waals surface area contributed by atoms with E-state index in [-0.39, 0.29) is 11.2 Å². The molecule has 0 amide bonds. The maximum atomic E-state index is 13.4. The van der Waals surface area contributed by atoms with Crippen molar-refractivity contribution in [2.45, 2.75) is 19.5 Å². The monoisotopic (exact) mass is 384 g/mol. The van der Waals surface area contributed by atoms with Gasteiger partial charge in [0.15, 0.2) is 0 Å². The second-order valence-corrected chi connectivity index (χ2v) is 8.47. The third-order valence-electron chi connectivity index (χ3n) is 5.10. The summed E-state index contributed by atoms with van der Waals surface area (Å²) < 4.78 is 3.12. The average Bonchev–Trinajstić information content (AvgIpc) is 3.00. The highest BCUT2D eigenvalue weighted by Crippen LogP contribution is 2.32. The SMILES string of the molecule is CN(C)CCn1c(=O)n(-c2ccccc2)c(=O)c2c3c(sc21)CN(C)CC3. The minimum atomic E-state index is -0.257. The number of benzene rings is 1. The molecule has 0 radical (unpaired) electrons. The molecule has 4 rings (SSSR count). The number of aromatic nitrogens is 2. The van der Waals surface area contributed by atoms with Crippen LogP contribution in [0.3, 0.4) is 0 Å². The van der Waals surface area contributed by atoms with Gasteiger partial charge in [0, 0.05) is 31.1 Å². The first-order valence-electron chi connectivity index (χ1n) is 9.16. The number of fused-ring (bicyclic) bond motifs is 3. The van der Waals surface area contributed by atoms with E-state index in [0.29, 0.717) is 12.2 Å². The van der Waals surface area contributed by atoms with Crippen molar-refractivity contribution in [1.82, 2.24) is 18.9 Å². The van der Waals surface area contributed by atoms with E-state index in [0.717, 1.165) is 41.8 Å². The van der Waals surface area contributed by atoms with Crippen LogP contribution in [0, 0.1) is 0 Å². The van der Waals surface area contributed by atoms with E-state index in [2.05, 4.69) is 16.8 Å². The molecule has 27 heavy (non-hydrogen) atoms. The molecule has 7 heteroatoms. The minimum absolute atomic E-state index is 0.190. The Balaban J connectivity index is 2.04. The lowest BCUT2D eigenvalue weighted by molar-refractivity contribution is 0.318. The molecule has 0 fully saturated rings. The van der Waals surface area contributed by atoms with E-state index < -0.39 is 0 Å². The lowest BCUT2D eigenvalue weighted by Crippen LogP contribution is -2.40. The summed E-state index contributed by atoms with van der Waals surface area (Å²) in [6, 6.07) is 9.23. The van der Waals surface area contributed by atoms with Crippen molar-refractivity contribution in [2.75, 3.05) is 34.2 Å². The summed E-state index contributed by atoms with van der Waals surface area (Å²) in [5.74, 6) is 0. The predicted molar refractivity (Wildman–Crippen MR) is 110 cm³/mol. The van der Waals surface area contributed by atoms with Crippen molar-refractivity contribution in [3.8, 4) is 5.69 Å². The van der Waals surface area contributed by atoms with Crippen LogP contribution in [0.5, 0.6) is 0 Å². The molecule has 0 spiro atoms. The van der Waals surface area contributed by atoms with Gasteiger partial charge in [-0.1, -0.05) is 18.2 Å². The molecule has 142 valence electrons. The highest BCUT2D eigenvalue weighted by Gasteiger charge is 2.25. The van der Waals surface area contributed by atoms with Gasteiger partial charge in [-0.2, -0.15) is 0 Å². The van der Waals surface area contributed by atoms with Crippen LogP contribution in [0.1, 0.15) is 10.4 Å². The molecule has 3 heterocycles. The first kappa shape index (κ1) is 18.2. The molecule has 6 nitrogen and oxygen atoms in total. The number of hydrogen-bond donors (Lipinski definition) is 0. The van der Waals surface area contributed by atoms with Gasteiger partial charge >= 0.3 is 5.69 Å². The second kappa shape index (κ2) is 7.07. The number of likely N-dealkylation sites (N-methyl/N-ethyl adjacent to an activating group) is 2. The van der Waals surface area contributed by atoms with Gasteiger partial charge in [0.25, 0.3) is 5.56 Å². The minimum Gasteiger partial charge on any atom is -0.308 e. The number of nitrogens with zero attached hydrogens (tertiary/aromatic N) is 4. The highest BCUT2D eigenvalue weighted by atomic mass is 32.1. The Bertz CT molecular complexity index is 1100. The van der Waals surface area contributed by atoms with Crippen LogP contribution in [0.15, 0.2) is 39.9 Å². The first-order valence-corrected chi connectivity index (χ1v) is 9.98. The van der Waals surface area contributed by atoms with E-state index in [1.54, 1.807) is 15.9 Å². The molecule has 0 N–H and O–H groups in total. The second-order valence-electron chi connectivity index (χ2n) is 7.39. The number of para-hydroxylation sites is 1. The van der Waals surface area contributed by atoms with Gasteiger partial charge in [0.05, 0.1) is 11.1 Å². The summed E-state index contributed by atoms with van der Waals surface area (Å²) in [5.41, 5.74) is 1.30. The van der Waals surface area contributed by atoms with Crippen LogP contribution in [0.25, 0.3) is 15.9 Å². The standard InChI is InChI=1S/C20H24N4O2S/c1-21(2)11-12-23-19-17(15-9-10-22(3)13-16(15)27-19)18(25)24(20(23)26)14-7-5-4-6-8-14/h4-8H,9-13H2,1-3H3. The first-order chi connectivity index (χ1) is 13.0. The Morgan fingerprint density at radius 3 is 2.59 bits per heavy atom. The Morgan fingerprint density at radius 1 is 1.15 bits per heavy atom. The topological polar surface area (TPSA) is 50.5 Å². The van der Waals surface area contributed by atoms with Gasteiger partial charge in [-0.15, -0.1) is 11.3 Å². The molecule has 1 aromatic carbocycles. The maximum absolute atomic E-state index is 13.4. The molecule has 0 saturated heterocycles. The fourth-order valence-electron chi connectivity index (χ4n) is 3.64. The molecule has 0 unspecified atom stereocenters. The third kappa shape index (κ3) is 3.16. The molecular weight excluding hydrogens is 360 g/mol. The third-order valence-corrected chi connectivity index (χ3v) is 6.34. The average molecular weight is 385 g/mol. The summed E-state index contributed by atoms with van der Waals surface area (Å²) in [4.78, 5) is 33.0. The van der Waals surface area contributed by atoms with E-state index in [9.17, 15) is 9.59 Å². The fourth-order valence-corrected chi connectivity index (χ4v) is 5.07. The van der Waals surface area contributed by atoms with Crippen LogP contribution in [0.4, 0.5) is 0 Å². The van der Waals surface area contributed by atoms with E-state index in [1.807, 2.05) is 44.4 Å². The van der Waals surface area contributed by atoms with Gasteiger partial charge in [-0.3, -0.25) is 9.36 Å². The largest absolute Gasteiger partial charge is 0.336 e. The molecule has 3 aromatic rings. The molecule has 2 aromatic heterocycles. The smallest absolute Gasteiger partial charge is 0.308 e. The quantitative estimate of drug-likeness (QED) is 0.688. The lowest BCUT2D eigenvalue weighted by atomic mass is 10.1. The van der Waals surface area contributed by atoms with E-state index in [4.69, 9.17) is 0 Å². The zero-order valence-corrected chi connectivity index (χ0v) is 16.8. The van der Waals surface area contributed by atoms with Crippen molar-refractivity contribution >= 4 is 21.6 Å². The molecule has 0 atom stereocenters. The van der Waals surface area contributed by atoms with Crippen molar-refractivity contribution in [3.05, 3.63) is 61.6 Å². The van der Waals surface area contributed by atoms with Crippen molar-refractivity contribution in [3.63, 3.8) is 0 Å².